The molecule has 0 saturated carbocycles. The van der Waals surface area contributed by atoms with E-state index in [1.165, 1.54) is 0 Å². The molecule has 2 aromatic carbocycles. The molecule has 0 heterocycles. The molecule has 7 heteroatoms. The highest BCUT2D eigenvalue weighted by molar-refractivity contribution is 9.10. The Morgan fingerprint density at radius 2 is 1.62 bits per heavy atom. The number of rotatable bonds is 7. The van der Waals surface area contributed by atoms with Crippen molar-refractivity contribution in [3.05, 3.63) is 58.6 Å². The molecule has 0 fully saturated rings. The number of carbonyl (C=O) groups is 3. The number of benzene rings is 2. The zero-order valence-corrected chi connectivity index (χ0v) is 15.8. The predicted molar refractivity (Wildman–Crippen MR) is 103 cm³/mol. The average Bonchev–Trinajstić information content (AvgIpc) is 2.60. The van der Waals surface area contributed by atoms with E-state index in [4.69, 9.17) is 4.74 Å². The summed E-state index contributed by atoms with van der Waals surface area (Å²) in [5.41, 5.74) is 2.31. The summed E-state index contributed by atoms with van der Waals surface area (Å²) in [7, 11) is 0. The van der Waals surface area contributed by atoms with Gasteiger partial charge in [0.05, 0.1) is 6.42 Å². The summed E-state index contributed by atoms with van der Waals surface area (Å²) in [5.74, 6) is -1.33. The fourth-order valence-corrected chi connectivity index (χ4v) is 2.37. The van der Waals surface area contributed by atoms with Crippen molar-refractivity contribution in [2.24, 2.45) is 0 Å². The number of ether oxygens (including phenoxy) is 1. The van der Waals surface area contributed by atoms with Crippen LogP contribution in [0.3, 0.4) is 0 Å². The third-order valence-corrected chi connectivity index (χ3v) is 3.88. The van der Waals surface area contributed by atoms with Crippen molar-refractivity contribution in [2.75, 3.05) is 17.2 Å². The van der Waals surface area contributed by atoms with Crippen LogP contribution in [-0.2, 0) is 19.1 Å². The molecule has 0 spiro atoms. The third-order valence-electron chi connectivity index (χ3n) is 3.35. The normalized spacial score (nSPS) is 10.1. The zero-order chi connectivity index (χ0) is 18.9. The van der Waals surface area contributed by atoms with E-state index >= 15 is 0 Å². The van der Waals surface area contributed by atoms with Gasteiger partial charge in [-0.2, -0.15) is 0 Å². The molecule has 6 nitrogen and oxygen atoms in total. The minimum Gasteiger partial charge on any atom is -0.456 e. The number of amides is 2. The first-order valence-corrected chi connectivity index (χ1v) is 8.79. The van der Waals surface area contributed by atoms with E-state index in [0.29, 0.717) is 11.4 Å². The lowest BCUT2D eigenvalue weighted by atomic mass is 10.2. The highest BCUT2D eigenvalue weighted by Gasteiger charge is 2.11. The molecule has 0 unspecified atom stereocenters. The van der Waals surface area contributed by atoms with Gasteiger partial charge in [0.25, 0.3) is 5.91 Å². The Labute approximate surface area is 160 Å². The number of carbonyl (C=O) groups excluding carboxylic acids is 3. The molecule has 0 atom stereocenters. The molecule has 2 amide bonds. The number of esters is 1. The van der Waals surface area contributed by atoms with Crippen molar-refractivity contribution >= 4 is 45.1 Å². The Bertz CT molecular complexity index is 790. The Kier molecular flexibility index (Phi) is 7.35. The molecule has 0 bridgehead atoms. The minimum absolute atomic E-state index is 0.0128. The maximum atomic E-state index is 11.8. The van der Waals surface area contributed by atoms with Crippen molar-refractivity contribution < 1.29 is 19.1 Å². The lowest BCUT2D eigenvalue weighted by Gasteiger charge is -2.07. The maximum absolute atomic E-state index is 11.8. The van der Waals surface area contributed by atoms with Crippen molar-refractivity contribution in [1.29, 1.82) is 0 Å². The lowest BCUT2D eigenvalue weighted by molar-refractivity contribution is -0.147. The van der Waals surface area contributed by atoms with Gasteiger partial charge in [0.2, 0.25) is 5.91 Å². The first-order chi connectivity index (χ1) is 12.4. The number of aryl methyl sites for hydroxylation is 1. The summed E-state index contributed by atoms with van der Waals surface area (Å²) in [5, 5.41) is 5.32. The van der Waals surface area contributed by atoms with Crippen LogP contribution in [0, 0.1) is 6.92 Å². The van der Waals surface area contributed by atoms with E-state index in [-0.39, 0.29) is 18.7 Å². The van der Waals surface area contributed by atoms with Gasteiger partial charge in [0, 0.05) is 22.3 Å². The maximum Gasteiger partial charge on any atom is 0.306 e. The summed E-state index contributed by atoms with van der Waals surface area (Å²) in [6.07, 6.45) is -0.107. The molecule has 2 rings (SSSR count). The van der Waals surface area contributed by atoms with Gasteiger partial charge >= 0.3 is 5.97 Å². The van der Waals surface area contributed by atoms with Gasteiger partial charge in [-0.25, -0.2) is 0 Å². The molecule has 2 N–H and O–H groups in total. The molecule has 0 aliphatic carbocycles. The van der Waals surface area contributed by atoms with Crippen molar-refractivity contribution in [3.8, 4) is 0 Å². The predicted octanol–water partition coefficient (Wildman–Crippen LogP) is 3.66. The topological polar surface area (TPSA) is 84.5 Å². The number of anilines is 2. The number of hydrogen-bond donors (Lipinski definition) is 2. The van der Waals surface area contributed by atoms with Crippen LogP contribution in [0.2, 0.25) is 0 Å². The van der Waals surface area contributed by atoms with Gasteiger partial charge < -0.3 is 15.4 Å². The summed E-state index contributed by atoms with van der Waals surface area (Å²) >= 11 is 3.30. The van der Waals surface area contributed by atoms with Gasteiger partial charge in [-0.05, 0) is 48.9 Å². The first kappa shape index (κ1) is 19.7. The number of hydrogen-bond acceptors (Lipinski definition) is 4. The summed E-state index contributed by atoms with van der Waals surface area (Å²) in [6, 6.07) is 14.4. The first-order valence-electron chi connectivity index (χ1n) is 8.00. The second-order valence-electron chi connectivity index (χ2n) is 5.63. The number of halogens is 1. The van der Waals surface area contributed by atoms with Gasteiger partial charge in [0.15, 0.2) is 6.61 Å². The Morgan fingerprint density at radius 3 is 2.31 bits per heavy atom. The van der Waals surface area contributed by atoms with Crippen LogP contribution in [0.25, 0.3) is 0 Å². The molecular formula is C19H19BrN2O4. The van der Waals surface area contributed by atoms with Gasteiger partial charge in [-0.3, -0.25) is 14.4 Å². The molecule has 136 valence electrons. The fourth-order valence-electron chi connectivity index (χ4n) is 2.11. The molecule has 0 saturated heterocycles. The monoisotopic (exact) mass is 418 g/mol. The molecule has 0 aliphatic heterocycles. The zero-order valence-electron chi connectivity index (χ0n) is 14.3. The van der Waals surface area contributed by atoms with E-state index in [2.05, 4.69) is 26.6 Å². The molecule has 0 aromatic heterocycles. The van der Waals surface area contributed by atoms with E-state index in [9.17, 15) is 14.4 Å². The molecule has 26 heavy (non-hydrogen) atoms. The van der Waals surface area contributed by atoms with Crippen LogP contribution < -0.4 is 10.6 Å². The quantitative estimate of drug-likeness (QED) is 0.671. The van der Waals surface area contributed by atoms with E-state index in [1.54, 1.807) is 30.3 Å². The number of nitrogens with one attached hydrogen (secondary N) is 2. The standard InChI is InChI=1S/C19H19BrN2O4/c1-13-3-2-4-16(11-13)22-17(23)9-10-19(25)26-12-18(24)21-15-7-5-14(20)6-8-15/h2-8,11H,9-10,12H2,1H3,(H,21,24)(H,22,23). The second-order valence-corrected chi connectivity index (χ2v) is 6.55. The van der Waals surface area contributed by atoms with Crippen LogP contribution in [0.1, 0.15) is 18.4 Å². The lowest BCUT2D eigenvalue weighted by Crippen LogP contribution is -2.21. The summed E-state index contributed by atoms with van der Waals surface area (Å²) < 4.78 is 5.77. The van der Waals surface area contributed by atoms with Gasteiger partial charge in [-0.1, -0.05) is 28.1 Å². The molecule has 0 radical (unpaired) electrons. The smallest absolute Gasteiger partial charge is 0.306 e. The molecule has 2 aromatic rings. The van der Waals surface area contributed by atoms with E-state index < -0.39 is 18.5 Å². The second kappa shape index (κ2) is 9.72. The van der Waals surface area contributed by atoms with Crippen LogP contribution >= 0.6 is 15.9 Å². The van der Waals surface area contributed by atoms with Crippen molar-refractivity contribution in [1.82, 2.24) is 0 Å². The van der Waals surface area contributed by atoms with E-state index in [1.807, 2.05) is 25.1 Å². The Balaban J connectivity index is 1.67. The van der Waals surface area contributed by atoms with Crippen LogP contribution in [0.5, 0.6) is 0 Å². The largest absolute Gasteiger partial charge is 0.456 e. The van der Waals surface area contributed by atoms with Crippen molar-refractivity contribution in [3.63, 3.8) is 0 Å². The molecular weight excluding hydrogens is 400 g/mol. The fraction of sp³-hybridized carbons (Fsp3) is 0.211. The minimum atomic E-state index is -0.602. The molecule has 0 aliphatic rings. The Morgan fingerprint density at radius 1 is 0.923 bits per heavy atom. The third kappa shape index (κ3) is 7.06. The van der Waals surface area contributed by atoms with Crippen LogP contribution in [0.15, 0.2) is 53.0 Å². The van der Waals surface area contributed by atoms with Gasteiger partial charge in [-0.15, -0.1) is 0 Å². The van der Waals surface area contributed by atoms with Crippen LogP contribution in [0.4, 0.5) is 11.4 Å². The summed E-state index contributed by atoms with van der Waals surface area (Å²) in [4.78, 5) is 35.2. The van der Waals surface area contributed by atoms with Crippen molar-refractivity contribution in [2.45, 2.75) is 19.8 Å². The average molecular weight is 419 g/mol. The van der Waals surface area contributed by atoms with Gasteiger partial charge in [0.1, 0.15) is 0 Å². The highest BCUT2D eigenvalue weighted by Crippen LogP contribution is 2.14. The van der Waals surface area contributed by atoms with E-state index in [0.717, 1.165) is 10.0 Å². The summed E-state index contributed by atoms with van der Waals surface area (Å²) in [6.45, 7) is 1.53. The SMILES string of the molecule is Cc1cccc(NC(=O)CCC(=O)OCC(=O)Nc2ccc(Br)cc2)c1. The van der Waals surface area contributed by atoms with Crippen LogP contribution in [-0.4, -0.2) is 24.4 Å². The Hall–Kier alpha value is -2.67. The highest BCUT2D eigenvalue weighted by atomic mass is 79.9.